The molecule has 0 amide bonds. The Morgan fingerprint density at radius 3 is 2.88 bits per heavy atom. The Morgan fingerprint density at radius 2 is 2.24 bits per heavy atom. The lowest BCUT2D eigenvalue weighted by Crippen LogP contribution is -2.34. The van der Waals surface area contributed by atoms with E-state index >= 15 is 0 Å². The summed E-state index contributed by atoms with van der Waals surface area (Å²) in [6.45, 7) is 5.07. The molecule has 1 N–H and O–H groups in total. The highest BCUT2D eigenvalue weighted by molar-refractivity contribution is 7.99. The predicted octanol–water partition coefficient (Wildman–Crippen LogP) is 1.89. The first-order valence-corrected chi connectivity index (χ1v) is 7.47. The number of nitrogens with one attached hydrogen (secondary N) is 1. The minimum absolute atomic E-state index is 0.650. The van der Waals surface area contributed by atoms with Crippen molar-refractivity contribution in [3.8, 4) is 0 Å². The first kappa shape index (κ1) is 12.9. The van der Waals surface area contributed by atoms with Crippen LogP contribution in [-0.2, 0) is 13.6 Å². The van der Waals surface area contributed by atoms with E-state index in [1.54, 1.807) is 0 Å². The molecular weight excluding hydrogens is 232 g/mol. The molecule has 0 radical (unpaired) electrons. The molecule has 1 saturated carbocycles. The van der Waals surface area contributed by atoms with E-state index in [-0.39, 0.29) is 0 Å². The minimum Gasteiger partial charge on any atom is -0.317 e. The van der Waals surface area contributed by atoms with E-state index in [9.17, 15) is 0 Å². The molecule has 2 atom stereocenters. The van der Waals surface area contributed by atoms with Gasteiger partial charge in [-0.1, -0.05) is 13.3 Å². The van der Waals surface area contributed by atoms with Crippen molar-refractivity contribution >= 4 is 11.8 Å². The minimum atomic E-state index is 0.650. The molecule has 1 aromatic heterocycles. The fourth-order valence-electron chi connectivity index (χ4n) is 2.40. The Morgan fingerprint density at radius 1 is 1.41 bits per heavy atom. The van der Waals surface area contributed by atoms with Crippen LogP contribution in [0, 0.1) is 6.92 Å². The normalized spacial score (nSPS) is 24.4. The largest absolute Gasteiger partial charge is 0.317 e. The van der Waals surface area contributed by atoms with Crippen molar-refractivity contribution in [1.82, 2.24) is 20.1 Å². The number of aromatic nitrogens is 3. The van der Waals surface area contributed by atoms with Crippen LogP contribution < -0.4 is 5.32 Å². The van der Waals surface area contributed by atoms with Crippen molar-refractivity contribution in [3.63, 3.8) is 0 Å². The molecule has 1 aromatic rings. The first-order chi connectivity index (χ1) is 8.22. The summed E-state index contributed by atoms with van der Waals surface area (Å²) < 4.78 is 2.06. The fraction of sp³-hybridized carbons (Fsp3) is 0.833. The van der Waals surface area contributed by atoms with Gasteiger partial charge >= 0.3 is 0 Å². The number of thioether (sulfide) groups is 1. The van der Waals surface area contributed by atoms with E-state index < -0.39 is 0 Å². The van der Waals surface area contributed by atoms with Crippen molar-refractivity contribution in [2.75, 3.05) is 5.75 Å². The van der Waals surface area contributed by atoms with Gasteiger partial charge in [-0.2, -0.15) is 11.8 Å². The molecular formula is C12H22N4S. The molecule has 4 nitrogen and oxygen atoms in total. The topological polar surface area (TPSA) is 42.7 Å². The highest BCUT2D eigenvalue weighted by atomic mass is 32.2. The van der Waals surface area contributed by atoms with Gasteiger partial charge < -0.3 is 9.88 Å². The molecule has 0 spiro atoms. The summed E-state index contributed by atoms with van der Waals surface area (Å²) in [6.07, 6.45) is 4.01. The molecule has 0 aromatic carbocycles. The van der Waals surface area contributed by atoms with E-state index in [0.717, 1.165) is 23.4 Å². The van der Waals surface area contributed by atoms with Gasteiger partial charge in [0.05, 0.1) is 6.54 Å². The Balaban J connectivity index is 1.87. The second-order valence-corrected chi connectivity index (χ2v) is 6.15. The molecule has 2 unspecified atom stereocenters. The zero-order chi connectivity index (χ0) is 12.3. The van der Waals surface area contributed by atoms with E-state index in [4.69, 9.17) is 0 Å². The van der Waals surface area contributed by atoms with Crippen LogP contribution in [0.3, 0.4) is 0 Å². The van der Waals surface area contributed by atoms with E-state index in [2.05, 4.69) is 38.8 Å². The quantitative estimate of drug-likeness (QED) is 0.871. The number of rotatable bonds is 5. The van der Waals surface area contributed by atoms with Crippen molar-refractivity contribution in [1.29, 1.82) is 0 Å². The van der Waals surface area contributed by atoms with Crippen LogP contribution in [0.5, 0.6) is 0 Å². The summed E-state index contributed by atoms with van der Waals surface area (Å²) in [5.41, 5.74) is 0. The van der Waals surface area contributed by atoms with Crippen molar-refractivity contribution < 1.29 is 0 Å². The Bertz CT molecular complexity index is 363. The van der Waals surface area contributed by atoms with E-state index in [0.29, 0.717) is 6.04 Å². The zero-order valence-electron chi connectivity index (χ0n) is 10.9. The van der Waals surface area contributed by atoms with Gasteiger partial charge in [-0.3, -0.25) is 0 Å². The number of hydrogen-bond donors (Lipinski definition) is 1. The third-order valence-electron chi connectivity index (χ3n) is 3.54. The molecule has 1 heterocycles. The van der Waals surface area contributed by atoms with Gasteiger partial charge in [0, 0.05) is 18.3 Å². The number of nitrogens with zero attached hydrogens (tertiary/aromatic N) is 3. The van der Waals surface area contributed by atoms with Gasteiger partial charge in [0.1, 0.15) is 11.6 Å². The summed E-state index contributed by atoms with van der Waals surface area (Å²) in [6, 6.07) is 0.650. The van der Waals surface area contributed by atoms with Crippen LogP contribution >= 0.6 is 11.8 Å². The smallest absolute Gasteiger partial charge is 0.146 e. The van der Waals surface area contributed by atoms with Crippen molar-refractivity contribution in [2.24, 2.45) is 7.05 Å². The highest BCUT2D eigenvalue weighted by Gasteiger charge is 2.26. The molecule has 0 bridgehead atoms. The van der Waals surface area contributed by atoms with Crippen LogP contribution in [-0.4, -0.2) is 31.8 Å². The van der Waals surface area contributed by atoms with Crippen LogP contribution in [0.4, 0.5) is 0 Å². The average molecular weight is 254 g/mol. The third kappa shape index (κ3) is 3.01. The molecule has 1 fully saturated rings. The van der Waals surface area contributed by atoms with Crippen molar-refractivity contribution in [2.45, 2.75) is 50.9 Å². The van der Waals surface area contributed by atoms with Crippen LogP contribution in [0.25, 0.3) is 0 Å². The molecule has 0 saturated heterocycles. The Hall–Kier alpha value is -0.550. The third-order valence-corrected chi connectivity index (χ3v) is 4.86. The van der Waals surface area contributed by atoms with Crippen LogP contribution in [0.2, 0.25) is 0 Å². The molecule has 17 heavy (non-hydrogen) atoms. The summed E-state index contributed by atoms with van der Waals surface area (Å²) in [5.74, 6) is 3.23. The highest BCUT2D eigenvalue weighted by Crippen LogP contribution is 2.29. The summed E-state index contributed by atoms with van der Waals surface area (Å²) in [4.78, 5) is 0. The summed E-state index contributed by atoms with van der Waals surface area (Å²) in [7, 11) is 2.03. The number of aryl methyl sites for hydroxylation is 1. The maximum absolute atomic E-state index is 4.19. The van der Waals surface area contributed by atoms with E-state index in [1.807, 2.05) is 14.0 Å². The second kappa shape index (κ2) is 5.87. The first-order valence-electron chi connectivity index (χ1n) is 6.42. The standard InChI is InChI=1S/C12H22N4S/c1-4-17-11-7-5-6-10(11)13-8-12-15-14-9(2)16(12)3/h10-11,13H,4-8H2,1-3H3. The van der Waals surface area contributed by atoms with Gasteiger partial charge in [-0.15, -0.1) is 10.2 Å². The van der Waals surface area contributed by atoms with Gasteiger partial charge in [-0.25, -0.2) is 0 Å². The Kier molecular flexibility index (Phi) is 4.45. The van der Waals surface area contributed by atoms with Crippen LogP contribution in [0.1, 0.15) is 37.8 Å². The molecule has 96 valence electrons. The SMILES string of the molecule is CCSC1CCCC1NCc1nnc(C)n1C. The van der Waals surface area contributed by atoms with Gasteiger partial charge in [0.25, 0.3) is 0 Å². The summed E-state index contributed by atoms with van der Waals surface area (Å²) >= 11 is 2.09. The maximum Gasteiger partial charge on any atom is 0.146 e. The Labute approximate surface area is 108 Å². The molecule has 1 aliphatic rings. The van der Waals surface area contributed by atoms with Gasteiger partial charge in [-0.05, 0) is 25.5 Å². The lowest BCUT2D eigenvalue weighted by molar-refractivity contribution is 0.512. The molecule has 2 rings (SSSR count). The lowest BCUT2D eigenvalue weighted by atomic mass is 10.2. The maximum atomic E-state index is 4.19. The van der Waals surface area contributed by atoms with E-state index in [1.165, 1.54) is 25.0 Å². The monoisotopic (exact) mass is 254 g/mol. The molecule has 5 heteroatoms. The van der Waals surface area contributed by atoms with Gasteiger partial charge in [0.2, 0.25) is 0 Å². The predicted molar refractivity (Wildman–Crippen MR) is 72.1 cm³/mol. The molecule has 0 aliphatic heterocycles. The molecule has 1 aliphatic carbocycles. The van der Waals surface area contributed by atoms with Crippen LogP contribution in [0.15, 0.2) is 0 Å². The number of hydrogen-bond acceptors (Lipinski definition) is 4. The second-order valence-electron chi connectivity index (χ2n) is 4.63. The zero-order valence-corrected chi connectivity index (χ0v) is 11.8. The fourth-order valence-corrected chi connectivity index (χ4v) is 3.63. The summed E-state index contributed by atoms with van der Waals surface area (Å²) in [5, 5.41) is 12.7. The van der Waals surface area contributed by atoms with Gasteiger partial charge in [0.15, 0.2) is 0 Å². The lowest BCUT2D eigenvalue weighted by Gasteiger charge is -2.19. The van der Waals surface area contributed by atoms with Crippen molar-refractivity contribution in [3.05, 3.63) is 11.6 Å². The average Bonchev–Trinajstić information content (AvgIpc) is 2.87.